The topological polar surface area (TPSA) is 38.7 Å². The third-order valence-corrected chi connectivity index (χ3v) is 3.65. The lowest BCUT2D eigenvalue weighted by molar-refractivity contribution is 0.146. The second-order valence-electron chi connectivity index (χ2n) is 5.60. The molecule has 2 rings (SSSR count). The van der Waals surface area contributed by atoms with Crippen LogP contribution in [0.5, 0.6) is 0 Å². The van der Waals surface area contributed by atoms with Crippen LogP contribution in [-0.2, 0) is 20.5 Å². The highest BCUT2D eigenvalue weighted by molar-refractivity contribution is 5.46. The minimum absolute atomic E-state index is 0.0840. The van der Waals surface area contributed by atoms with Gasteiger partial charge in [0.25, 0.3) is 0 Å². The predicted octanol–water partition coefficient (Wildman–Crippen LogP) is 2.94. The third-order valence-electron chi connectivity index (χ3n) is 3.65. The van der Waals surface area contributed by atoms with Gasteiger partial charge in [0.15, 0.2) is 0 Å². The highest BCUT2D eigenvalue weighted by Gasteiger charge is 2.47. The molecule has 0 atom stereocenters. The summed E-state index contributed by atoms with van der Waals surface area (Å²) in [4.78, 5) is 14.6. The molecule has 0 radical (unpaired) electrons. The molecule has 18 heavy (non-hydrogen) atoms. The predicted molar refractivity (Wildman–Crippen MR) is 70.4 cm³/mol. The van der Waals surface area contributed by atoms with Gasteiger partial charge in [-0.25, -0.2) is 4.79 Å². The second kappa shape index (κ2) is 4.68. The molecule has 0 spiro atoms. The second-order valence-corrected chi connectivity index (χ2v) is 5.60. The van der Waals surface area contributed by atoms with Crippen molar-refractivity contribution < 1.29 is 9.53 Å². The summed E-state index contributed by atoms with van der Waals surface area (Å²) in [5, 5.41) is 0. The van der Waals surface area contributed by atoms with Crippen LogP contribution < -0.4 is 0 Å². The molecular weight excluding hydrogens is 226 g/mol. The molecule has 1 aromatic rings. The number of methoxy groups -OCH3 is 1. The molecule has 0 aromatic heterocycles. The molecule has 0 bridgehead atoms. The highest BCUT2D eigenvalue weighted by atomic mass is 16.5. The van der Waals surface area contributed by atoms with E-state index in [1.807, 2.05) is 12.1 Å². The maximum Gasteiger partial charge on any atom is 0.235 e. The quantitative estimate of drug-likeness (QED) is 0.591. The zero-order valence-electron chi connectivity index (χ0n) is 11.2. The van der Waals surface area contributed by atoms with E-state index in [4.69, 9.17) is 4.74 Å². The van der Waals surface area contributed by atoms with Crippen molar-refractivity contribution in [2.24, 2.45) is 4.99 Å². The Hall–Kier alpha value is -1.44. The van der Waals surface area contributed by atoms with Gasteiger partial charge in [-0.1, -0.05) is 38.1 Å². The van der Waals surface area contributed by atoms with E-state index in [-0.39, 0.29) is 11.0 Å². The summed E-state index contributed by atoms with van der Waals surface area (Å²) >= 11 is 0. The van der Waals surface area contributed by atoms with Crippen LogP contribution in [0.4, 0.5) is 0 Å². The Balaban J connectivity index is 2.47. The van der Waals surface area contributed by atoms with E-state index >= 15 is 0 Å². The van der Waals surface area contributed by atoms with Crippen LogP contribution in [0.15, 0.2) is 29.3 Å². The monoisotopic (exact) mass is 245 g/mol. The van der Waals surface area contributed by atoms with E-state index in [1.54, 1.807) is 13.2 Å². The van der Waals surface area contributed by atoms with Crippen LogP contribution in [0.3, 0.4) is 0 Å². The summed E-state index contributed by atoms with van der Waals surface area (Å²) in [6.07, 6.45) is 3.59. The van der Waals surface area contributed by atoms with Gasteiger partial charge in [-0.15, -0.1) is 0 Å². The van der Waals surface area contributed by atoms with Crippen molar-refractivity contribution in [2.45, 2.75) is 37.6 Å². The number of isocyanates is 1. The van der Waals surface area contributed by atoms with Gasteiger partial charge < -0.3 is 4.74 Å². The van der Waals surface area contributed by atoms with Gasteiger partial charge >= 0.3 is 0 Å². The largest absolute Gasteiger partial charge is 0.384 e. The molecule has 0 heterocycles. The summed E-state index contributed by atoms with van der Waals surface area (Å²) < 4.78 is 5.30. The Bertz CT molecular complexity index is 483. The van der Waals surface area contributed by atoms with Crippen LogP contribution in [0.1, 0.15) is 37.8 Å². The highest BCUT2D eigenvalue weighted by Crippen LogP contribution is 2.51. The van der Waals surface area contributed by atoms with E-state index in [0.717, 1.165) is 18.4 Å². The fourth-order valence-electron chi connectivity index (χ4n) is 2.56. The van der Waals surface area contributed by atoms with E-state index < -0.39 is 0 Å². The molecule has 0 amide bonds. The molecule has 1 fully saturated rings. The summed E-state index contributed by atoms with van der Waals surface area (Å²) in [6, 6.07) is 8.20. The van der Waals surface area contributed by atoms with Gasteiger partial charge in [0, 0.05) is 12.5 Å². The molecule has 0 unspecified atom stereocenters. The van der Waals surface area contributed by atoms with Crippen molar-refractivity contribution in [1.82, 2.24) is 0 Å². The number of rotatable bonds is 5. The zero-order chi connectivity index (χ0) is 13.2. The van der Waals surface area contributed by atoms with Gasteiger partial charge in [-0.3, -0.25) is 0 Å². The number of nitrogens with zero attached hydrogens (tertiary/aromatic N) is 1. The van der Waals surface area contributed by atoms with Gasteiger partial charge in [-0.2, -0.15) is 4.99 Å². The van der Waals surface area contributed by atoms with E-state index in [9.17, 15) is 4.79 Å². The normalized spacial score (nSPS) is 17.1. The van der Waals surface area contributed by atoms with Crippen molar-refractivity contribution >= 4 is 6.08 Å². The molecule has 3 heteroatoms. The first-order valence-electron chi connectivity index (χ1n) is 6.24. The van der Waals surface area contributed by atoms with Crippen molar-refractivity contribution in [2.75, 3.05) is 13.7 Å². The lowest BCUT2D eigenvalue weighted by atomic mass is 9.80. The lowest BCUT2D eigenvalue weighted by Gasteiger charge is -2.28. The molecular formula is C15H19NO2. The standard InChI is InChI=1S/C15H19NO2/c1-14(2,10-18-3)12-6-4-5-7-13(12)15(8-9-15)16-11-17/h4-7H,8-10H2,1-3H3. The number of ether oxygens (including phenoxy) is 1. The van der Waals surface area contributed by atoms with Crippen molar-refractivity contribution in [3.63, 3.8) is 0 Å². The van der Waals surface area contributed by atoms with E-state index in [0.29, 0.717) is 6.61 Å². The van der Waals surface area contributed by atoms with Crippen LogP contribution in [0.25, 0.3) is 0 Å². The van der Waals surface area contributed by atoms with Gasteiger partial charge in [0.2, 0.25) is 6.08 Å². The summed E-state index contributed by atoms with van der Waals surface area (Å²) in [6.45, 7) is 4.94. The Kier molecular flexibility index (Phi) is 3.38. The third kappa shape index (κ3) is 2.24. The minimum atomic E-state index is -0.316. The van der Waals surface area contributed by atoms with Gasteiger partial charge in [0.1, 0.15) is 0 Å². The van der Waals surface area contributed by atoms with Gasteiger partial charge in [-0.05, 0) is 24.0 Å². The summed E-state index contributed by atoms with van der Waals surface area (Å²) in [7, 11) is 1.71. The van der Waals surface area contributed by atoms with Crippen molar-refractivity contribution in [3.8, 4) is 0 Å². The fraction of sp³-hybridized carbons (Fsp3) is 0.533. The maximum absolute atomic E-state index is 10.6. The number of aliphatic imine (C=N–C) groups is 1. The molecule has 1 aliphatic carbocycles. The van der Waals surface area contributed by atoms with Crippen LogP contribution in [-0.4, -0.2) is 19.8 Å². The molecule has 1 aromatic carbocycles. The summed E-state index contributed by atoms with van der Waals surface area (Å²) in [5.41, 5.74) is 1.96. The molecule has 3 nitrogen and oxygen atoms in total. The average molecular weight is 245 g/mol. The number of carbonyl (C=O) groups excluding carboxylic acids is 1. The van der Waals surface area contributed by atoms with E-state index in [2.05, 4.69) is 31.0 Å². The Morgan fingerprint density at radius 1 is 1.39 bits per heavy atom. The molecule has 1 aliphatic rings. The number of benzene rings is 1. The Labute approximate surface area is 108 Å². The average Bonchev–Trinajstić information content (AvgIpc) is 3.11. The lowest BCUT2D eigenvalue weighted by Crippen LogP contribution is -2.26. The fourth-order valence-corrected chi connectivity index (χ4v) is 2.56. The molecule has 0 saturated heterocycles. The number of hydrogen-bond donors (Lipinski definition) is 0. The van der Waals surface area contributed by atoms with Crippen LogP contribution >= 0.6 is 0 Å². The van der Waals surface area contributed by atoms with Crippen molar-refractivity contribution in [3.05, 3.63) is 35.4 Å². The molecule has 0 aliphatic heterocycles. The molecule has 96 valence electrons. The zero-order valence-corrected chi connectivity index (χ0v) is 11.2. The Morgan fingerprint density at radius 2 is 2.06 bits per heavy atom. The first-order valence-corrected chi connectivity index (χ1v) is 6.24. The minimum Gasteiger partial charge on any atom is -0.384 e. The first kappa shape index (κ1) is 13.0. The molecule has 1 saturated carbocycles. The number of hydrogen-bond acceptors (Lipinski definition) is 3. The SMILES string of the molecule is COCC(C)(C)c1ccccc1C1(N=C=O)CC1. The first-order chi connectivity index (χ1) is 8.56. The Morgan fingerprint density at radius 3 is 2.61 bits per heavy atom. The van der Waals surface area contributed by atoms with Crippen LogP contribution in [0, 0.1) is 0 Å². The van der Waals surface area contributed by atoms with Crippen LogP contribution in [0.2, 0.25) is 0 Å². The van der Waals surface area contributed by atoms with Gasteiger partial charge in [0.05, 0.1) is 12.1 Å². The van der Waals surface area contributed by atoms with E-state index in [1.165, 1.54) is 5.56 Å². The van der Waals surface area contributed by atoms with Crippen molar-refractivity contribution in [1.29, 1.82) is 0 Å². The summed E-state index contributed by atoms with van der Waals surface area (Å²) in [5.74, 6) is 0. The molecule has 0 N–H and O–H groups in total. The smallest absolute Gasteiger partial charge is 0.235 e. The maximum atomic E-state index is 10.6.